The van der Waals surface area contributed by atoms with Crippen molar-refractivity contribution < 1.29 is 14.3 Å². The lowest BCUT2D eigenvalue weighted by Gasteiger charge is -2.17. The van der Waals surface area contributed by atoms with Crippen LogP contribution in [0.4, 0.5) is 0 Å². The van der Waals surface area contributed by atoms with Gasteiger partial charge in [0, 0.05) is 5.56 Å². The van der Waals surface area contributed by atoms with Gasteiger partial charge in [-0.25, -0.2) is 4.79 Å². The van der Waals surface area contributed by atoms with E-state index in [-0.39, 0.29) is 5.97 Å². The second-order valence-electron chi connectivity index (χ2n) is 3.38. The third-order valence-electron chi connectivity index (χ3n) is 2.43. The first-order chi connectivity index (χ1) is 7.24. The van der Waals surface area contributed by atoms with Crippen LogP contribution in [0.25, 0.3) is 6.08 Å². The van der Waals surface area contributed by atoms with Crippen LogP contribution in [0.5, 0.6) is 5.75 Å². The van der Waals surface area contributed by atoms with Crippen LogP contribution >= 0.6 is 0 Å². The molecule has 1 aromatic carbocycles. The summed E-state index contributed by atoms with van der Waals surface area (Å²) >= 11 is 0. The minimum Gasteiger partial charge on any atom is -0.488 e. The standard InChI is InChI=1S/C12H12O3/c1-8-5-6-10(12(13)14-2)11-9(8)4-3-7-15-11/h3-6H,7H2,1-2H3. The molecule has 0 radical (unpaired) electrons. The van der Waals surface area contributed by atoms with Crippen molar-refractivity contribution in [2.75, 3.05) is 13.7 Å². The van der Waals surface area contributed by atoms with E-state index in [1.807, 2.05) is 25.1 Å². The molecule has 0 atom stereocenters. The van der Waals surface area contributed by atoms with E-state index in [1.165, 1.54) is 7.11 Å². The molecule has 0 fully saturated rings. The second-order valence-corrected chi connectivity index (χ2v) is 3.38. The van der Waals surface area contributed by atoms with Gasteiger partial charge in [0.05, 0.1) is 7.11 Å². The fraction of sp³-hybridized carbons (Fsp3) is 0.250. The van der Waals surface area contributed by atoms with Gasteiger partial charge in [-0.2, -0.15) is 0 Å². The van der Waals surface area contributed by atoms with Gasteiger partial charge >= 0.3 is 5.97 Å². The number of hydrogen-bond acceptors (Lipinski definition) is 3. The summed E-state index contributed by atoms with van der Waals surface area (Å²) in [5, 5.41) is 0. The zero-order valence-electron chi connectivity index (χ0n) is 8.74. The van der Waals surface area contributed by atoms with Crippen molar-refractivity contribution in [2.45, 2.75) is 6.92 Å². The molecule has 0 bridgehead atoms. The predicted molar refractivity (Wildman–Crippen MR) is 57.0 cm³/mol. The Hall–Kier alpha value is -1.77. The van der Waals surface area contributed by atoms with E-state index in [1.54, 1.807) is 6.07 Å². The number of benzene rings is 1. The molecule has 2 rings (SSSR count). The van der Waals surface area contributed by atoms with Crippen LogP contribution in [0.1, 0.15) is 21.5 Å². The van der Waals surface area contributed by atoms with Crippen molar-refractivity contribution in [2.24, 2.45) is 0 Å². The smallest absolute Gasteiger partial charge is 0.341 e. The van der Waals surface area contributed by atoms with E-state index in [0.717, 1.165) is 11.1 Å². The van der Waals surface area contributed by atoms with Crippen molar-refractivity contribution in [3.05, 3.63) is 34.9 Å². The Morgan fingerprint density at radius 2 is 2.27 bits per heavy atom. The van der Waals surface area contributed by atoms with Crippen molar-refractivity contribution in [3.8, 4) is 5.75 Å². The molecule has 0 spiro atoms. The molecule has 1 aliphatic rings. The van der Waals surface area contributed by atoms with Crippen LogP contribution in [0.3, 0.4) is 0 Å². The molecule has 0 saturated carbocycles. The van der Waals surface area contributed by atoms with Gasteiger partial charge in [-0.1, -0.05) is 12.1 Å². The van der Waals surface area contributed by atoms with Crippen molar-refractivity contribution in [1.82, 2.24) is 0 Å². The molecular formula is C12H12O3. The fourth-order valence-corrected chi connectivity index (χ4v) is 1.63. The number of esters is 1. The summed E-state index contributed by atoms with van der Waals surface area (Å²) in [5.74, 6) is 0.269. The Morgan fingerprint density at radius 1 is 1.47 bits per heavy atom. The summed E-state index contributed by atoms with van der Waals surface area (Å²) in [7, 11) is 1.37. The molecule has 0 saturated heterocycles. The maximum absolute atomic E-state index is 11.5. The molecule has 0 N–H and O–H groups in total. The highest BCUT2D eigenvalue weighted by atomic mass is 16.5. The average molecular weight is 204 g/mol. The highest BCUT2D eigenvalue weighted by Gasteiger charge is 2.18. The van der Waals surface area contributed by atoms with Gasteiger partial charge in [0.1, 0.15) is 17.9 Å². The normalized spacial score (nSPS) is 12.9. The zero-order chi connectivity index (χ0) is 10.8. The Kier molecular flexibility index (Phi) is 2.46. The fourth-order valence-electron chi connectivity index (χ4n) is 1.63. The van der Waals surface area contributed by atoms with Gasteiger partial charge in [-0.3, -0.25) is 0 Å². The van der Waals surface area contributed by atoms with Gasteiger partial charge in [0.15, 0.2) is 0 Å². The van der Waals surface area contributed by atoms with Crippen LogP contribution in [0, 0.1) is 6.92 Å². The minimum atomic E-state index is -0.360. The molecule has 0 amide bonds. The van der Waals surface area contributed by atoms with Crippen LogP contribution in [0.2, 0.25) is 0 Å². The highest BCUT2D eigenvalue weighted by molar-refractivity contribution is 5.94. The quantitative estimate of drug-likeness (QED) is 0.658. The lowest BCUT2D eigenvalue weighted by atomic mass is 10.0. The molecule has 78 valence electrons. The topological polar surface area (TPSA) is 35.5 Å². The van der Waals surface area contributed by atoms with E-state index in [2.05, 4.69) is 0 Å². The van der Waals surface area contributed by atoms with E-state index in [4.69, 9.17) is 9.47 Å². The molecule has 0 aliphatic carbocycles. The molecule has 15 heavy (non-hydrogen) atoms. The number of carbonyl (C=O) groups excluding carboxylic acids is 1. The largest absolute Gasteiger partial charge is 0.488 e. The van der Waals surface area contributed by atoms with Crippen molar-refractivity contribution >= 4 is 12.0 Å². The van der Waals surface area contributed by atoms with Crippen molar-refractivity contribution in [1.29, 1.82) is 0 Å². The third kappa shape index (κ3) is 1.61. The van der Waals surface area contributed by atoms with Gasteiger partial charge < -0.3 is 9.47 Å². The number of methoxy groups -OCH3 is 1. The Balaban J connectivity index is 2.59. The Morgan fingerprint density at radius 3 is 3.00 bits per heavy atom. The minimum absolute atomic E-state index is 0.360. The third-order valence-corrected chi connectivity index (χ3v) is 2.43. The summed E-state index contributed by atoms with van der Waals surface area (Å²) in [5.41, 5.74) is 2.54. The average Bonchev–Trinajstić information content (AvgIpc) is 2.29. The summed E-state index contributed by atoms with van der Waals surface area (Å²) in [6.45, 7) is 2.49. The molecule has 1 heterocycles. The van der Waals surface area contributed by atoms with E-state index in [9.17, 15) is 4.79 Å². The van der Waals surface area contributed by atoms with Crippen LogP contribution < -0.4 is 4.74 Å². The maximum Gasteiger partial charge on any atom is 0.341 e. The summed E-state index contributed by atoms with van der Waals surface area (Å²) in [4.78, 5) is 11.5. The first kappa shape index (κ1) is 9.77. The second kappa shape index (κ2) is 3.77. The lowest BCUT2D eigenvalue weighted by molar-refractivity contribution is 0.0596. The highest BCUT2D eigenvalue weighted by Crippen LogP contribution is 2.31. The number of ether oxygens (including phenoxy) is 2. The van der Waals surface area contributed by atoms with E-state index >= 15 is 0 Å². The molecule has 0 aromatic heterocycles. The number of hydrogen-bond donors (Lipinski definition) is 0. The molecule has 0 unspecified atom stereocenters. The predicted octanol–water partition coefficient (Wildman–Crippen LogP) is 2.19. The molecule has 3 nitrogen and oxygen atoms in total. The van der Waals surface area contributed by atoms with Crippen LogP contribution in [-0.4, -0.2) is 19.7 Å². The Bertz CT molecular complexity index is 433. The molecule has 3 heteroatoms. The Labute approximate surface area is 88.3 Å². The molecular weight excluding hydrogens is 192 g/mol. The summed E-state index contributed by atoms with van der Waals surface area (Å²) in [6, 6.07) is 3.63. The first-order valence-corrected chi connectivity index (χ1v) is 4.75. The lowest BCUT2D eigenvalue weighted by Crippen LogP contribution is -2.10. The summed E-state index contributed by atoms with van der Waals surface area (Å²) < 4.78 is 10.2. The molecule has 1 aliphatic heterocycles. The van der Waals surface area contributed by atoms with Gasteiger partial charge in [-0.15, -0.1) is 0 Å². The number of rotatable bonds is 1. The first-order valence-electron chi connectivity index (χ1n) is 4.75. The van der Waals surface area contributed by atoms with E-state index < -0.39 is 0 Å². The van der Waals surface area contributed by atoms with Crippen LogP contribution in [-0.2, 0) is 4.74 Å². The maximum atomic E-state index is 11.5. The number of fused-ring (bicyclic) bond motifs is 1. The van der Waals surface area contributed by atoms with E-state index in [0.29, 0.717) is 17.9 Å². The zero-order valence-corrected chi connectivity index (χ0v) is 8.74. The molecule has 1 aromatic rings. The van der Waals surface area contributed by atoms with Gasteiger partial charge in [0.25, 0.3) is 0 Å². The number of aryl methyl sites for hydroxylation is 1. The van der Waals surface area contributed by atoms with Gasteiger partial charge in [0.2, 0.25) is 0 Å². The monoisotopic (exact) mass is 204 g/mol. The number of carbonyl (C=O) groups is 1. The van der Waals surface area contributed by atoms with Crippen LogP contribution in [0.15, 0.2) is 18.2 Å². The van der Waals surface area contributed by atoms with Gasteiger partial charge in [-0.05, 0) is 24.6 Å². The SMILES string of the molecule is COC(=O)c1ccc(C)c2c1OCC=C2. The summed E-state index contributed by atoms with van der Waals surface area (Å²) in [6.07, 6.45) is 3.90. The van der Waals surface area contributed by atoms with Crippen molar-refractivity contribution in [3.63, 3.8) is 0 Å².